The Morgan fingerprint density at radius 1 is 1.00 bits per heavy atom. The predicted molar refractivity (Wildman–Crippen MR) is 115 cm³/mol. The quantitative estimate of drug-likeness (QED) is 0.480. The Hall–Kier alpha value is -3.93. The number of ether oxygens (including phenoxy) is 1. The van der Waals surface area contributed by atoms with Crippen molar-refractivity contribution in [2.24, 2.45) is 0 Å². The lowest BCUT2D eigenvalue weighted by Gasteiger charge is -2.07. The summed E-state index contributed by atoms with van der Waals surface area (Å²) < 4.78 is 5.15. The Kier molecular flexibility index (Phi) is 5.57. The molecule has 1 aromatic heterocycles. The number of amides is 1. The molecule has 0 unspecified atom stereocenters. The highest BCUT2D eigenvalue weighted by Crippen LogP contribution is 2.22. The lowest BCUT2D eigenvalue weighted by molar-refractivity contribution is -0.124. The van der Waals surface area contributed by atoms with Crippen LogP contribution in [0, 0.1) is 6.92 Å². The number of nitrogens with zero attached hydrogens (tertiary/aromatic N) is 1. The molecule has 150 valence electrons. The molecule has 6 heteroatoms. The van der Waals surface area contributed by atoms with E-state index < -0.39 is 5.97 Å². The summed E-state index contributed by atoms with van der Waals surface area (Å²) in [6.07, 6.45) is 0. The standard InChI is InChI=1S/C24H21N3O3/c1-16-7-9-18(10-8-16)23-26-20-12-11-19(13-21(20)27-23)24(29)30-15-22(28)25-14-17-5-3-2-4-6-17/h2-13H,14-15H2,1H3,(H,25,28)(H,26,27). The number of fused-ring (bicyclic) bond motifs is 1. The van der Waals surface area contributed by atoms with Crippen molar-refractivity contribution >= 4 is 22.9 Å². The van der Waals surface area contributed by atoms with Crippen molar-refractivity contribution in [3.8, 4) is 11.4 Å². The van der Waals surface area contributed by atoms with E-state index in [9.17, 15) is 9.59 Å². The van der Waals surface area contributed by atoms with Gasteiger partial charge in [-0.15, -0.1) is 0 Å². The van der Waals surface area contributed by atoms with Gasteiger partial charge in [-0.05, 0) is 30.7 Å². The summed E-state index contributed by atoms with van der Waals surface area (Å²) >= 11 is 0. The van der Waals surface area contributed by atoms with Crippen molar-refractivity contribution < 1.29 is 14.3 Å². The first kappa shape index (κ1) is 19.4. The van der Waals surface area contributed by atoms with E-state index in [0.717, 1.165) is 28.0 Å². The van der Waals surface area contributed by atoms with Gasteiger partial charge in [0.25, 0.3) is 5.91 Å². The van der Waals surface area contributed by atoms with E-state index in [2.05, 4.69) is 15.3 Å². The Morgan fingerprint density at radius 2 is 1.77 bits per heavy atom. The summed E-state index contributed by atoms with van der Waals surface area (Å²) in [7, 11) is 0. The number of carbonyl (C=O) groups excluding carboxylic acids is 2. The van der Waals surface area contributed by atoms with Gasteiger partial charge in [0.2, 0.25) is 0 Å². The fourth-order valence-electron chi connectivity index (χ4n) is 3.05. The average Bonchev–Trinajstić information content (AvgIpc) is 3.20. The van der Waals surface area contributed by atoms with Crippen molar-refractivity contribution in [3.63, 3.8) is 0 Å². The van der Waals surface area contributed by atoms with Crippen LogP contribution >= 0.6 is 0 Å². The van der Waals surface area contributed by atoms with Crippen LogP contribution in [-0.2, 0) is 16.1 Å². The second-order valence-corrected chi connectivity index (χ2v) is 7.02. The van der Waals surface area contributed by atoms with Gasteiger partial charge in [0.05, 0.1) is 16.6 Å². The SMILES string of the molecule is Cc1ccc(-c2nc3ccc(C(=O)OCC(=O)NCc4ccccc4)cc3[nH]2)cc1. The summed E-state index contributed by atoms with van der Waals surface area (Å²) in [6.45, 7) is 2.09. The molecule has 0 radical (unpaired) electrons. The molecule has 0 bridgehead atoms. The van der Waals surface area contributed by atoms with E-state index in [4.69, 9.17) is 4.74 Å². The third-order valence-corrected chi connectivity index (χ3v) is 4.71. The molecule has 4 aromatic rings. The van der Waals surface area contributed by atoms with Gasteiger partial charge in [0, 0.05) is 12.1 Å². The highest BCUT2D eigenvalue weighted by atomic mass is 16.5. The average molecular weight is 399 g/mol. The van der Waals surface area contributed by atoms with Crippen LogP contribution in [0.4, 0.5) is 0 Å². The van der Waals surface area contributed by atoms with Gasteiger partial charge in [0.15, 0.2) is 6.61 Å². The Bertz CT molecular complexity index is 1180. The second-order valence-electron chi connectivity index (χ2n) is 7.02. The number of H-pyrrole nitrogens is 1. The van der Waals surface area contributed by atoms with Crippen LogP contribution in [0.5, 0.6) is 0 Å². The summed E-state index contributed by atoms with van der Waals surface area (Å²) in [5.74, 6) is -0.175. The van der Waals surface area contributed by atoms with Crippen LogP contribution in [0.1, 0.15) is 21.5 Å². The van der Waals surface area contributed by atoms with Gasteiger partial charge >= 0.3 is 5.97 Å². The zero-order chi connectivity index (χ0) is 20.9. The first-order chi connectivity index (χ1) is 14.6. The number of benzene rings is 3. The molecule has 2 N–H and O–H groups in total. The summed E-state index contributed by atoms with van der Waals surface area (Å²) in [6, 6.07) is 22.7. The van der Waals surface area contributed by atoms with Crippen molar-refractivity contribution in [3.05, 3.63) is 89.5 Å². The van der Waals surface area contributed by atoms with E-state index in [1.807, 2.05) is 61.5 Å². The largest absolute Gasteiger partial charge is 0.452 e. The molecule has 0 atom stereocenters. The molecular formula is C24H21N3O3. The van der Waals surface area contributed by atoms with Crippen LogP contribution in [0.15, 0.2) is 72.8 Å². The number of rotatable bonds is 6. The van der Waals surface area contributed by atoms with Crippen LogP contribution < -0.4 is 5.32 Å². The minimum absolute atomic E-state index is 0.332. The van der Waals surface area contributed by atoms with Gasteiger partial charge < -0.3 is 15.0 Å². The molecule has 6 nitrogen and oxygen atoms in total. The van der Waals surface area contributed by atoms with Crippen molar-refractivity contribution in [1.82, 2.24) is 15.3 Å². The van der Waals surface area contributed by atoms with E-state index >= 15 is 0 Å². The highest BCUT2D eigenvalue weighted by Gasteiger charge is 2.13. The number of nitrogens with one attached hydrogen (secondary N) is 2. The molecule has 0 spiro atoms. The summed E-state index contributed by atoms with van der Waals surface area (Å²) in [5.41, 5.74) is 4.96. The smallest absolute Gasteiger partial charge is 0.338 e. The van der Waals surface area contributed by atoms with Crippen molar-refractivity contribution in [1.29, 1.82) is 0 Å². The second kappa shape index (κ2) is 8.61. The predicted octanol–water partition coefficient (Wildman–Crippen LogP) is 4.01. The van der Waals surface area contributed by atoms with Crippen LogP contribution in [0.2, 0.25) is 0 Å². The number of aryl methyl sites for hydroxylation is 1. The topological polar surface area (TPSA) is 84.1 Å². The molecule has 30 heavy (non-hydrogen) atoms. The van der Waals surface area contributed by atoms with Crippen molar-refractivity contribution in [2.75, 3.05) is 6.61 Å². The van der Waals surface area contributed by atoms with Gasteiger partial charge in [-0.25, -0.2) is 9.78 Å². The van der Waals surface area contributed by atoms with E-state index in [0.29, 0.717) is 12.1 Å². The van der Waals surface area contributed by atoms with E-state index in [-0.39, 0.29) is 12.5 Å². The van der Waals surface area contributed by atoms with E-state index in [1.54, 1.807) is 18.2 Å². The summed E-state index contributed by atoms with van der Waals surface area (Å²) in [4.78, 5) is 32.1. The number of esters is 1. The van der Waals surface area contributed by atoms with Crippen LogP contribution in [-0.4, -0.2) is 28.5 Å². The molecule has 1 amide bonds. The number of hydrogen-bond donors (Lipinski definition) is 2. The van der Waals surface area contributed by atoms with Crippen molar-refractivity contribution in [2.45, 2.75) is 13.5 Å². The number of hydrogen-bond acceptors (Lipinski definition) is 4. The minimum Gasteiger partial charge on any atom is -0.452 e. The maximum atomic E-state index is 12.3. The number of aromatic nitrogens is 2. The van der Waals surface area contributed by atoms with Gasteiger partial charge in [-0.1, -0.05) is 60.2 Å². The Labute approximate surface area is 173 Å². The summed E-state index contributed by atoms with van der Waals surface area (Å²) in [5, 5.41) is 2.73. The maximum absolute atomic E-state index is 12.3. The molecule has 0 fully saturated rings. The Morgan fingerprint density at radius 3 is 2.53 bits per heavy atom. The third kappa shape index (κ3) is 4.55. The lowest BCUT2D eigenvalue weighted by atomic mass is 10.1. The fourth-order valence-corrected chi connectivity index (χ4v) is 3.05. The minimum atomic E-state index is -0.557. The molecule has 0 aliphatic rings. The number of imidazole rings is 1. The molecule has 0 saturated heterocycles. The monoisotopic (exact) mass is 399 g/mol. The molecule has 0 saturated carbocycles. The van der Waals surface area contributed by atoms with E-state index in [1.165, 1.54) is 5.56 Å². The molecule has 0 aliphatic carbocycles. The number of aromatic amines is 1. The van der Waals surface area contributed by atoms with Gasteiger partial charge in [-0.3, -0.25) is 4.79 Å². The fraction of sp³-hybridized carbons (Fsp3) is 0.125. The van der Waals surface area contributed by atoms with Gasteiger partial charge in [-0.2, -0.15) is 0 Å². The van der Waals surface area contributed by atoms with Crippen LogP contribution in [0.25, 0.3) is 22.4 Å². The zero-order valence-corrected chi connectivity index (χ0v) is 16.5. The highest BCUT2D eigenvalue weighted by molar-refractivity contribution is 5.95. The maximum Gasteiger partial charge on any atom is 0.338 e. The normalized spacial score (nSPS) is 10.7. The Balaban J connectivity index is 1.38. The first-order valence-corrected chi connectivity index (χ1v) is 9.63. The molecular weight excluding hydrogens is 378 g/mol. The van der Waals surface area contributed by atoms with Gasteiger partial charge in [0.1, 0.15) is 5.82 Å². The van der Waals surface area contributed by atoms with Crippen LogP contribution in [0.3, 0.4) is 0 Å². The third-order valence-electron chi connectivity index (χ3n) is 4.71. The number of carbonyl (C=O) groups is 2. The molecule has 0 aliphatic heterocycles. The first-order valence-electron chi connectivity index (χ1n) is 9.63. The molecule has 4 rings (SSSR count). The zero-order valence-electron chi connectivity index (χ0n) is 16.5. The molecule has 3 aromatic carbocycles. The lowest BCUT2D eigenvalue weighted by Crippen LogP contribution is -2.28. The molecule has 1 heterocycles.